The largest absolute Gasteiger partial charge is 0.493 e. The van der Waals surface area contributed by atoms with Gasteiger partial charge in [0.2, 0.25) is 0 Å². The normalized spacial score (nSPS) is 16.3. The van der Waals surface area contributed by atoms with Crippen LogP contribution in [0, 0.1) is 6.92 Å². The summed E-state index contributed by atoms with van der Waals surface area (Å²) in [7, 11) is 1.65. The number of aliphatic hydroxyl groups is 1. The van der Waals surface area contributed by atoms with Crippen LogP contribution < -0.4 is 14.8 Å². The summed E-state index contributed by atoms with van der Waals surface area (Å²) in [6.07, 6.45) is -0.520. The van der Waals surface area contributed by atoms with E-state index in [2.05, 4.69) is 53.2 Å². The highest BCUT2D eigenvalue weighted by Gasteiger charge is 2.19. The Morgan fingerprint density at radius 1 is 0.968 bits per heavy atom. The number of ether oxygens (including phenoxy) is 2. The maximum atomic E-state index is 10.4. The lowest BCUT2D eigenvalue weighted by Gasteiger charge is -2.34. The molecule has 2 aromatic carbocycles. The zero-order chi connectivity index (χ0) is 22.1. The van der Waals surface area contributed by atoms with Gasteiger partial charge >= 0.3 is 0 Å². The van der Waals surface area contributed by atoms with Crippen molar-refractivity contribution in [3.8, 4) is 11.5 Å². The van der Waals surface area contributed by atoms with Crippen molar-refractivity contribution >= 4 is 0 Å². The number of benzene rings is 2. The van der Waals surface area contributed by atoms with Gasteiger partial charge in [0.25, 0.3) is 0 Å². The van der Waals surface area contributed by atoms with E-state index in [-0.39, 0.29) is 6.61 Å². The third-order valence-corrected chi connectivity index (χ3v) is 5.78. The summed E-state index contributed by atoms with van der Waals surface area (Å²) in [6, 6.07) is 14.5. The van der Waals surface area contributed by atoms with E-state index in [4.69, 9.17) is 9.47 Å². The van der Waals surface area contributed by atoms with Crippen molar-refractivity contribution in [3.05, 3.63) is 59.2 Å². The number of β-amino-alcohol motifs (C(OH)–C–C–N with tert-alkyl or cyclic N) is 1. The van der Waals surface area contributed by atoms with E-state index in [0.29, 0.717) is 18.0 Å². The molecule has 6 heteroatoms. The number of nitrogens with one attached hydrogen (secondary N) is 1. The highest BCUT2D eigenvalue weighted by atomic mass is 16.5. The van der Waals surface area contributed by atoms with E-state index in [9.17, 15) is 5.11 Å². The Bertz CT molecular complexity index is 806. The molecule has 1 fully saturated rings. The minimum absolute atomic E-state index is 0.259. The quantitative estimate of drug-likeness (QED) is 0.575. The molecule has 0 bridgehead atoms. The van der Waals surface area contributed by atoms with E-state index < -0.39 is 6.10 Å². The van der Waals surface area contributed by atoms with Crippen molar-refractivity contribution in [1.82, 2.24) is 15.1 Å². The number of hydrogen-bond donors (Lipinski definition) is 2. The molecule has 0 aromatic heterocycles. The third kappa shape index (κ3) is 7.51. The van der Waals surface area contributed by atoms with Gasteiger partial charge in [-0.25, -0.2) is 0 Å². The smallest absolute Gasteiger partial charge is 0.161 e. The maximum Gasteiger partial charge on any atom is 0.161 e. The van der Waals surface area contributed by atoms with E-state index in [1.165, 1.54) is 11.1 Å². The highest BCUT2D eigenvalue weighted by molar-refractivity contribution is 5.43. The average molecular weight is 428 g/mol. The summed E-state index contributed by atoms with van der Waals surface area (Å²) >= 11 is 0. The van der Waals surface area contributed by atoms with E-state index in [1.807, 2.05) is 18.2 Å². The van der Waals surface area contributed by atoms with Crippen molar-refractivity contribution in [2.75, 3.05) is 53.0 Å². The number of aryl methyl sites for hydroxylation is 1. The van der Waals surface area contributed by atoms with Crippen molar-refractivity contribution in [1.29, 1.82) is 0 Å². The second-order valence-corrected chi connectivity index (χ2v) is 8.28. The van der Waals surface area contributed by atoms with E-state index in [1.54, 1.807) is 7.11 Å². The molecule has 1 atom stereocenters. The molecule has 2 N–H and O–H groups in total. The summed E-state index contributed by atoms with van der Waals surface area (Å²) < 4.78 is 11.4. The van der Waals surface area contributed by atoms with Crippen LogP contribution in [0.4, 0.5) is 0 Å². The lowest BCUT2D eigenvalue weighted by atomic mass is 10.1. The zero-order valence-electron chi connectivity index (χ0n) is 19.1. The molecule has 1 aliphatic rings. The Hall–Kier alpha value is -2.12. The first-order chi connectivity index (χ1) is 15.1. The van der Waals surface area contributed by atoms with Crippen LogP contribution >= 0.6 is 0 Å². The monoisotopic (exact) mass is 427 g/mol. The summed E-state index contributed by atoms with van der Waals surface area (Å²) in [5.41, 5.74) is 3.68. The van der Waals surface area contributed by atoms with Gasteiger partial charge in [0.1, 0.15) is 12.7 Å². The first-order valence-electron chi connectivity index (χ1n) is 11.3. The molecule has 0 aliphatic carbocycles. The third-order valence-electron chi connectivity index (χ3n) is 5.78. The molecule has 0 saturated carbocycles. The Morgan fingerprint density at radius 3 is 2.35 bits per heavy atom. The average Bonchev–Trinajstić information content (AvgIpc) is 2.78. The van der Waals surface area contributed by atoms with Crippen molar-refractivity contribution in [2.24, 2.45) is 0 Å². The van der Waals surface area contributed by atoms with Crippen molar-refractivity contribution < 1.29 is 14.6 Å². The number of piperazine rings is 1. The number of rotatable bonds is 11. The predicted molar refractivity (Wildman–Crippen MR) is 125 cm³/mol. The number of methoxy groups -OCH3 is 1. The molecule has 3 rings (SSSR count). The summed E-state index contributed by atoms with van der Waals surface area (Å²) in [4.78, 5) is 4.74. The van der Waals surface area contributed by atoms with Crippen molar-refractivity contribution in [2.45, 2.75) is 33.0 Å². The molecule has 0 radical (unpaired) electrons. The second-order valence-electron chi connectivity index (χ2n) is 8.28. The van der Waals surface area contributed by atoms with Gasteiger partial charge in [0, 0.05) is 45.8 Å². The van der Waals surface area contributed by atoms with Gasteiger partial charge in [-0.3, -0.25) is 4.90 Å². The summed E-state index contributed by atoms with van der Waals surface area (Å²) in [6.45, 7) is 12.0. The Balaban J connectivity index is 1.44. The van der Waals surface area contributed by atoms with Gasteiger partial charge in [-0.1, -0.05) is 42.8 Å². The van der Waals surface area contributed by atoms with Crippen LogP contribution in [0.15, 0.2) is 42.5 Å². The number of nitrogens with zero attached hydrogens (tertiary/aromatic N) is 2. The van der Waals surface area contributed by atoms with Crippen LogP contribution in [-0.2, 0) is 13.1 Å². The Labute approximate surface area is 186 Å². The first-order valence-corrected chi connectivity index (χ1v) is 11.3. The lowest BCUT2D eigenvalue weighted by molar-refractivity contribution is 0.0464. The van der Waals surface area contributed by atoms with Gasteiger partial charge in [0.15, 0.2) is 11.5 Å². The minimum atomic E-state index is -0.520. The molecule has 2 aromatic rings. The zero-order valence-corrected chi connectivity index (χ0v) is 19.1. The van der Waals surface area contributed by atoms with Crippen LogP contribution in [-0.4, -0.2) is 74.0 Å². The minimum Gasteiger partial charge on any atom is -0.493 e. The molecule has 1 saturated heterocycles. The molecule has 1 heterocycles. The SMILES string of the molecule is CCN1CCN(C[C@H](O)COc2ccc(CNCc3cccc(C)c3)cc2OC)CC1. The van der Waals surface area contributed by atoms with Gasteiger partial charge in [-0.05, 0) is 36.7 Å². The van der Waals surface area contributed by atoms with Crippen LogP contribution in [0.2, 0.25) is 0 Å². The lowest BCUT2D eigenvalue weighted by Crippen LogP contribution is -2.49. The Morgan fingerprint density at radius 2 is 1.68 bits per heavy atom. The van der Waals surface area contributed by atoms with Crippen LogP contribution in [0.3, 0.4) is 0 Å². The number of aliphatic hydroxyl groups excluding tert-OH is 1. The number of likely N-dealkylation sites (N-methyl/N-ethyl adjacent to an activating group) is 1. The van der Waals surface area contributed by atoms with E-state index >= 15 is 0 Å². The molecular formula is C25H37N3O3. The fraction of sp³-hybridized carbons (Fsp3) is 0.520. The van der Waals surface area contributed by atoms with E-state index in [0.717, 1.165) is 51.4 Å². The van der Waals surface area contributed by atoms with Gasteiger partial charge in [0.05, 0.1) is 7.11 Å². The molecule has 1 aliphatic heterocycles. The highest BCUT2D eigenvalue weighted by Crippen LogP contribution is 2.28. The molecule has 0 unspecified atom stereocenters. The predicted octanol–water partition coefficient (Wildman–Crippen LogP) is 2.67. The molecule has 0 spiro atoms. The maximum absolute atomic E-state index is 10.4. The van der Waals surface area contributed by atoms with Crippen LogP contribution in [0.25, 0.3) is 0 Å². The van der Waals surface area contributed by atoms with Crippen molar-refractivity contribution in [3.63, 3.8) is 0 Å². The first kappa shape index (κ1) is 23.5. The molecule has 6 nitrogen and oxygen atoms in total. The van der Waals surface area contributed by atoms with Gasteiger partial charge in [-0.15, -0.1) is 0 Å². The Kier molecular flexibility index (Phi) is 9.15. The van der Waals surface area contributed by atoms with Crippen LogP contribution in [0.1, 0.15) is 23.6 Å². The number of hydrogen-bond acceptors (Lipinski definition) is 6. The molecule has 170 valence electrons. The second kappa shape index (κ2) is 12.1. The standard InChI is InChI=1S/C25H37N3O3/c1-4-27-10-12-28(13-11-27)18-23(29)19-31-24-9-8-22(15-25(24)30-3)17-26-16-21-7-5-6-20(2)14-21/h5-9,14-15,23,26,29H,4,10-13,16-19H2,1-3H3/t23-/m0/s1. The molecule has 0 amide bonds. The molecular weight excluding hydrogens is 390 g/mol. The molecule has 31 heavy (non-hydrogen) atoms. The summed E-state index contributed by atoms with van der Waals surface area (Å²) in [5, 5.41) is 13.9. The fourth-order valence-electron chi connectivity index (χ4n) is 3.94. The fourth-order valence-corrected chi connectivity index (χ4v) is 3.94. The van der Waals surface area contributed by atoms with Gasteiger partial charge in [-0.2, -0.15) is 0 Å². The summed E-state index contributed by atoms with van der Waals surface area (Å²) in [5.74, 6) is 1.36. The topological polar surface area (TPSA) is 57.2 Å². The van der Waals surface area contributed by atoms with Crippen LogP contribution in [0.5, 0.6) is 11.5 Å². The van der Waals surface area contributed by atoms with Gasteiger partial charge < -0.3 is 24.8 Å².